The number of ether oxygens (including phenoxy) is 1. The third kappa shape index (κ3) is 2.63. The molecule has 2 amide bonds. The standard InChI is InChI=1S/C18H18N4O4/c1-26-14-4-2-3-10-12(7-15(23)21-16(10)14)18(25)22-6-5-11-13(8-22)19-9-20-17(11)24/h2-4,9,12H,5-8H2,1H3,(H,21,23)(H,19,20,24). The Bertz CT molecular complexity index is 952. The fourth-order valence-corrected chi connectivity index (χ4v) is 3.62. The largest absolute Gasteiger partial charge is 0.495 e. The third-order valence-electron chi connectivity index (χ3n) is 4.93. The molecule has 1 unspecified atom stereocenters. The normalized spacial score (nSPS) is 18.6. The predicted molar refractivity (Wildman–Crippen MR) is 93.0 cm³/mol. The highest BCUT2D eigenvalue weighted by molar-refractivity contribution is 6.02. The van der Waals surface area contributed by atoms with Crippen LogP contribution < -0.4 is 15.6 Å². The van der Waals surface area contributed by atoms with Crippen molar-refractivity contribution in [3.63, 3.8) is 0 Å². The van der Waals surface area contributed by atoms with E-state index in [4.69, 9.17) is 4.74 Å². The highest BCUT2D eigenvalue weighted by atomic mass is 16.5. The summed E-state index contributed by atoms with van der Waals surface area (Å²) < 4.78 is 5.31. The van der Waals surface area contributed by atoms with E-state index in [-0.39, 0.29) is 30.3 Å². The predicted octanol–water partition coefficient (Wildman–Crippen LogP) is 0.789. The smallest absolute Gasteiger partial charge is 0.254 e. The van der Waals surface area contributed by atoms with Crippen molar-refractivity contribution >= 4 is 17.5 Å². The number of fused-ring (bicyclic) bond motifs is 2. The van der Waals surface area contributed by atoms with Gasteiger partial charge in [-0.15, -0.1) is 0 Å². The Hall–Kier alpha value is -3.16. The first-order valence-electron chi connectivity index (χ1n) is 8.39. The molecule has 1 atom stereocenters. The minimum Gasteiger partial charge on any atom is -0.495 e. The minimum absolute atomic E-state index is 0.0885. The lowest BCUT2D eigenvalue weighted by Crippen LogP contribution is -2.43. The van der Waals surface area contributed by atoms with Gasteiger partial charge in [0.2, 0.25) is 11.8 Å². The fourth-order valence-electron chi connectivity index (χ4n) is 3.62. The first-order chi connectivity index (χ1) is 12.6. The number of methoxy groups -OCH3 is 1. The number of hydrogen-bond acceptors (Lipinski definition) is 5. The van der Waals surface area contributed by atoms with Crippen LogP contribution in [0.25, 0.3) is 0 Å². The number of carbonyl (C=O) groups is 2. The molecular weight excluding hydrogens is 336 g/mol. The molecule has 4 rings (SSSR count). The molecule has 3 heterocycles. The van der Waals surface area contributed by atoms with Gasteiger partial charge in [-0.2, -0.15) is 0 Å². The van der Waals surface area contributed by atoms with Gasteiger partial charge in [0.25, 0.3) is 5.56 Å². The number of nitrogens with zero attached hydrogens (tertiary/aromatic N) is 2. The molecule has 2 aliphatic rings. The molecule has 2 aromatic rings. The van der Waals surface area contributed by atoms with Crippen LogP contribution in [0.15, 0.2) is 29.3 Å². The van der Waals surface area contributed by atoms with E-state index in [9.17, 15) is 14.4 Å². The molecule has 0 bridgehead atoms. The number of aromatic amines is 1. The highest BCUT2D eigenvalue weighted by Crippen LogP contribution is 2.39. The molecule has 8 heteroatoms. The van der Waals surface area contributed by atoms with Gasteiger partial charge >= 0.3 is 0 Å². The van der Waals surface area contributed by atoms with Gasteiger partial charge in [0.15, 0.2) is 0 Å². The number of anilines is 1. The van der Waals surface area contributed by atoms with Gasteiger partial charge < -0.3 is 19.9 Å². The Balaban J connectivity index is 1.66. The van der Waals surface area contributed by atoms with Gasteiger partial charge in [-0.3, -0.25) is 14.4 Å². The van der Waals surface area contributed by atoms with Crippen molar-refractivity contribution in [2.75, 3.05) is 19.0 Å². The molecule has 2 N–H and O–H groups in total. The summed E-state index contributed by atoms with van der Waals surface area (Å²) in [6.45, 7) is 0.702. The van der Waals surface area contributed by atoms with E-state index in [0.29, 0.717) is 35.7 Å². The molecule has 2 aliphatic heterocycles. The maximum Gasteiger partial charge on any atom is 0.254 e. The Morgan fingerprint density at radius 1 is 1.35 bits per heavy atom. The average Bonchev–Trinajstić information content (AvgIpc) is 2.66. The monoisotopic (exact) mass is 354 g/mol. The zero-order valence-corrected chi connectivity index (χ0v) is 14.2. The van der Waals surface area contributed by atoms with E-state index in [0.717, 1.165) is 5.56 Å². The summed E-state index contributed by atoms with van der Waals surface area (Å²) in [6, 6.07) is 5.39. The molecule has 0 saturated carbocycles. The van der Waals surface area contributed by atoms with Gasteiger partial charge in [0.05, 0.1) is 37.3 Å². The van der Waals surface area contributed by atoms with Crippen LogP contribution in [-0.4, -0.2) is 40.3 Å². The molecule has 8 nitrogen and oxygen atoms in total. The maximum atomic E-state index is 13.1. The van der Waals surface area contributed by atoms with Crippen LogP contribution in [0.2, 0.25) is 0 Å². The van der Waals surface area contributed by atoms with Crippen molar-refractivity contribution in [2.45, 2.75) is 25.3 Å². The zero-order chi connectivity index (χ0) is 18.3. The molecule has 0 fully saturated rings. The minimum atomic E-state index is -0.572. The summed E-state index contributed by atoms with van der Waals surface area (Å²) in [6.07, 6.45) is 1.89. The molecule has 1 aromatic heterocycles. The number of amides is 2. The SMILES string of the molecule is COc1cccc2c1NC(=O)CC2C(=O)N1CCc2c(nc[nH]c2=O)C1. The van der Waals surface area contributed by atoms with Crippen LogP contribution in [0.4, 0.5) is 5.69 Å². The number of para-hydroxylation sites is 1. The molecule has 0 spiro atoms. The number of rotatable bonds is 2. The number of H-pyrrole nitrogens is 1. The van der Waals surface area contributed by atoms with E-state index in [1.165, 1.54) is 13.4 Å². The van der Waals surface area contributed by atoms with Crippen molar-refractivity contribution in [1.29, 1.82) is 0 Å². The molecular formula is C18H18N4O4. The summed E-state index contributed by atoms with van der Waals surface area (Å²) in [7, 11) is 1.53. The quantitative estimate of drug-likeness (QED) is 0.830. The molecule has 26 heavy (non-hydrogen) atoms. The van der Waals surface area contributed by atoms with Crippen LogP contribution in [0.3, 0.4) is 0 Å². The van der Waals surface area contributed by atoms with Gasteiger partial charge in [0.1, 0.15) is 5.75 Å². The molecule has 0 radical (unpaired) electrons. The fraction of sp³-hybridized carbons (Fsp3) is 0.333. The third-order valence-corrected chi connectivity index (χ3v) is 4.93. The summed E-state index contributed by atoms with van der Waals surface area (Å²) in [5.74, 6) is -0.391. The van der Waals surface area contributed by atoms with E-state index in [1.54, 1.807) is 11.0 Å². The van der Waals surface area contributed by atoms with Crippen LogP contribution in [-0.2, 0) is 22.6 Å². The Kier molecular flexibility index (Phi) is 3.95. The summed E-state index contributed by atoms with van der Waals surface area (Å²) in [5, 5.41) is 2.80. The van der Waals surface area contributed by atoms with Crippen LogP contribution in [0.5, 0.6) is 5.75 Å². The molecule has 134 valence electrons. The number of hydrogen-bond donors (Lipinski definition) is 2. The lowest BCUT2D eigenvalue weighted by Gasteiger charge is -2.33. The Morgan fingerprint density at radius 3 is 3.00 bits per heavy atom. The average molecular weight is 354 g/mol. The number of carbonyl (C=O) groups excluding carboxylic acids is 2. The van der Waals surface area contributed by atoms with Crippen molar-refractivity contribution in [2.24, 2.45) is 0 Å². The first-order valence-corrected chi connectivity index (χ1v) is 8.39. The number of aromatic nitrogens is 2. The maximum absolute atomic E-state index is 13.1. The van der Waals surface area contributed by atoms with Crippen molar-refractivity contribution in [3.05, 3.63) is 51.7 Å². The van der Waals surface area contributed by atoms with E-state index < -0.39 is 5.92 Å². The van der Waals surface area contributed by atoms with E-state index in [2.05, 4.69) is 15.3 Å². The number of benzene rings is 1. The van der Waals surface area contributed by atoms with Gasteiger partial charge in [-0.1, -0.05) is 12.1 Å². The van der Waals surface area contributed by atoms with E-state index in [1.807, 2.05) is 12.1 Å². The zero-order valence-electron chi connectivity index (χ0n) is 14.2. The molecule has 1 aromatic carbocycles. The second-order valence-electron chi connectivity index (χ2n) is 6.40. The first kappa shape index (κ1) is 16.3. The van der Waals surface area contributed by atoms with Crippen LogP contribution in [0.1, 0.15) is 29.2 Å². The highest BCUT2D eigenvalue weighted by Gasteiger charge is 2.36. The summed E-state index contributed by atoms with van der Waals surface area (Å²) in [5.41, 5.74) is 2.38. The number of nitrogens with one attached hydrogen (secondary N) is 2. The lowest BCUT2D eigenvalue weighted by molar-refractivity contribution is -0.135. The van der Waals surface area contributed by atoms with Crippen molar-refractivity contribution in [1.82, 2.24) is 14.9 Å². The summed E-state index contributed by atoms with van der Waals surface area (Å²) >= 11 is 0. The van der Waals surface area contributed by atoms with Crippen molar-refractivity contribution in [3.8, 4) is 5.75 Å². The van der Waals surface area contributed by atoms with Crippen LogP contribution in [0, 0.1) is 0 Å². The molecule has 0 aliphatic carbocycles. The molecule has 0 saturated heterocycles. The van der Waals surface area contributed by atoms with Crippen molar-refractivity contribution < 1.29 is 14.3 Å². The summed E-state index contributed by atoms with van der Waals surface area (Å²) in [4.78, 5) is 45.6. The van der Waals surface area contributed by atoms with Gasteiger partial charge in [0, 0.05) is 18.5 Å². The van der Waals surface area contributed by atoms with E-state index >= 15 is 0 Å². The Morgan fingerprint density at radius 2 is 2.19 bits per heavy atom. The second-order valence-corrected chi connectivity index (χ2v) is 6.40. The topological polar surface area (TPSA) is 104 Å². The lowest BCUT2D eigenvalue weighted by atomic mass is 9.88. The van der Waals surface area contributed by atoms with Gasteiger partial charge in [-0.05, 0) is 18.1 Å². The van der Waals surface area contributed by atoms with Gasteiger partial charge in [-0.25, -0.2) is 4.98 Å². The second kappa shape index (κ2) is 6.29. The Labute approximate surface area is 149 Å². The van der Waals surface area contributed by atoms with Crippen LogP contribution >= 0.6 is 0 Å².